The number of para-hydroxylation sites is 1. The molecule has 110 valence electrons. The van der Waals surface area contributed by atoms with E-state index < -0.39 is 17.6 Å². The topological polar surface area (TPSA) is 49.3 Å². The van der Waals surface area contributed by atoms with E-state index in [4.69, 9.17) is 0 Å². The molecular weight excluding hydrogens is 283 g/mol. The van der Waals surface area contributed by atoms with Gasteiger partial charge in [-0.25, -0.2) is 0 Å². The number of hydrogen-bond acceptors (Lipinski definition) is 2. The summed E-state index contributed by atoms with van der Waals surface area (Å²) in [5.74, 6) is -0.677. The molecule has 2 aromatic rings. The highest BCUT2D eigenvalue weighted by atomic mass is 19.4. The number of aromatic hydroxyl groups is 1. The van der Waals surface area contributed by atoms with Crippen LogP contribution in [-0.2, 0) is 6.18 Å². The number of carbonyl (C=O) groups excluding carboxylic acids is 1. The highest BCUT2D eigenvalue weighted by Crippen LogP contribution is 2.34. The average Bonchev–Trinajstić information content (AvgIpc) is 2.37. The van der Waals surface area contributed by atoms with Crippen molar-refractivity contribution in [2.24, 2.45) is 0 Å². The molecule has 0 radical (unpaired) electrons. The van der Waals surface area contributed by atoms with Gasteiger partial charge in [-0.3, -0.25) is 4.79 Å². The minimum Gasteiger partial charge on any atom is -0.508 e. The van der Waals surface area contributed by atoms with Gasteiger partial charge in [-0.05, 0) is 42.8 Å². The summed E-state index contributed by atoms with van der Waals surface area (Å²) < 4.78 is 38.5. The Bertz CT molecular complexity index is 681. The minimum atomic E-state index is -4.55. The molecule has 0 heterocycles. The number of nitrogens with one attached hydrogen (secondary N) is 1. The van der Waals surface area contributed by atoms with E-state index in [-0.39, 0.29) is 17.0 Å². The van der Waals surface area contributed by atoms with Crippen molar-refractivity contribution in [2.45, 2.75) is 13.1 Å². The molecule has 0 aromatic heterocycles. The van der Waals surface area contributed by atoms with Crippen LogP contribution in [0.2, 0.25) is 0 Å². The van der Waals surface area contributed by atoms with Crippen LogP contribution in [0.15, 0.2) is 42.5 Å². The molecule has 0 atom stereocenters. The summed E-state index contributed by atoms with van der Waals surface area (Å²) in [5.41, 5.74) is -0.543. The molecule has 0 fully saturated rings. The van der Waals surface area contributed by atoms with Crippen molar-refractivity contribution in [3.63, 3.8) is 0 Å². The molecule has 1 amide bonds. The van der Waals surface area contributed by atoms with Crippen LogP contribution < -0.4 is 5.32 Å². The quantitative estimate of drug-likeness (QED) is 0.880. The Morgan fingerprint density at radius 1 is 1.14 bits per heavy atom. The third kappa shape index (κ3) is 3.34. The van der Waals surface area contributed by atoms with Gasteiger partial charge in [0, 0.05) is 5.56 Å². The summed E-state index contributed by atoms with van der Waals surface area (Å²) in [4.78, 5) is 12.1. The van der Waals surface area contributed by atoms with E-state index in [1.807, 2.05) is 0 Å². The number of rotatable bonds is 2. The number of aryl methyl sites for hydroxylation is 1. The molecule has 2 rings (SSSR count). The average molecular weight is 295 g/mol. The van der Waals surface area contributed by atoms with Crippen molar-refractivity contribution in [1.29, 1.82) is 0 Å². The molecular formula is C15H12F3NO2. The van der Waals surface area contributed by atoms with Gasteiger partial charge in [-0.15, -0.1) is 0 Å². The number of carbonyl (C=O) groups is 1. The summed E-state index contributed by atoms with van der Waals surface area (Å²) in [6.07, 6.45) is -4.55. The number of alkyl halides is 3. The number of phenolic OH excluding ortho intramolecular Hbond substituents is 1. The van der Waals surface area contributed by atoms with Crippen LogP contribution in [0.5, 0.6) is 5.75 Å². The lowest BCUT2D eigenvalue weighted by atomic mass is 10.1. The van der Waals surface area contributed by atoms with Gasteiger partial charge in [-0.1, -0.05) is 12.1 Å². The third-order valence-electron chi connectivity index (χ3n) is 2.94. The number of hydrogen-bond donors (Lipinski definition) is 2. The standard InChI is InChI=1S/C15H12F3NO2/c1-9-8-10(20)6-7-11(9)14(21)19-13-5-3-2-4-12(13)15(16,17)18/h2-8,20H,1H3,(H,19,21). The number of phenols is 1. The Balaban J connectivity index is 2.32. The molecule has 6 heteroatoms. The lowest BCUT2D eigenvalue weighted by Crippen LogP contribution is -2.17. The molecule has 0 aliphatic carbocycles. The Labute approximate surface area is 119 Å². The smallest absolute Gasteiger partial charge is 0.418 e. The van der Waals surface area contributed by atoms with Crippen LogP contribution in [0.3, 0.4) is 0 Å². The fourth-order valence-electron chi connectivity index (χ4n) is 1.93. The maximum atomic E-state index is 12.8. The maximum Gasteiger partial charge on any atom is 0.418 e. The molecule has 2 aromatic carbocycles. The Morgan fingerprint density at radius 3 is 2.43 bits per heavy atom. The molecule has 0 saturated heterocycles. The third-order valence-corrected chi connectivity index (χ3v) is 2.94. The van der Waals surface area contributed by atoms with Gasteiger partial charge in [0.15, 0.2) is 0 Å². The van der Waals surface area contributed by atoms with Crippen LogP contribution in [-0.4, -0.2) is 11.0 Å². The molecule has 0 aliphatic rings. The van der Waals surface area contributed by atoms with Crippen LogP contribution >= 0.6 is 0 Å². The molecule has 0 bridgehead atoms. The predicted molar refractivity (Wildman–Crippen MR) is 72.2 cm³/mol. The summed E-state index contributed by atoms with van der Waals surface area (Å²) in [5, 5.41) is 11.5. The summed E-state index contributed by atoms with van der Waals surface area (Å²) in [6.45, 7) is 1.59. The zero-order valence-electron chi connectivity index (χ0n) is 11.0. The Morgan fingerprint density at radius 2 is 1.81 bits per heavy atom. The first-order valence-corrected chi connectivity index (χ1v) is 6.06. The first-order valence-electron chi connectivity index (χ1n) is 6.06. The van der Waals surface area contributed by atoms with Gasteiger partial charge < -0.3 is 10.4 Å². The van der Waals surface area contributed by atoms with Gasteiger partial charge in [0.25, 0.3) is 5.91 Å². The van der Waals surface area contributed by atoms with Gasteiger partial charge >= 0.3 is 6.18 Å². The summed E-state index contributed by atoms with van der Waals surface area (Å²) in [7, 11) is 0. The fraction of sp³-hybridized carbons (Fsp3) is 0.133. The highest BCUT2D eigenvalue weighted by Gasteiger charge is 2.33. The molecule has 0 spiro atoms. The van der Waals surface area contributed by atoms with Crippen LogP contribution in [0.25, 0.3) is 0 Å². The van der Waals surface area contributed by atoms with Crippen LogP contribution in [0.4, 0.5) is 18.9 Å². The predicted octanol–water partition coefficient (Wildman–Crippen LogP) is 3.97. The van der Waals surface area contributed by atoms with E-state index in [2.05, 4.69) is 5.32 Å². The molecule has 0 saturated carbocycles. The van der Waals surface area contributed by atoms with Gasteiger partial charge in [-0.2, -0.15) is 13.2 Å². The molecule has 0 aliphatic heterocycles. The van der Waals surface area contributed by atoms with Crippen molar-refractivity contribution in [2.75, 3.05) is 5.32 Å². The molecule has 3 nitrogen and oxygen atoms in total. The largest absolute Gasteiger partial charge is 0.508 e. The van der Waals surface area contributed by atoms with Gasteiger partial charge in [0.2, 0.25) is 0 Å². The maximum absolute atomic E-state index is 12.8. The van der Waals surface area contributed by atoms with E-state index in [0.717, 1.165) is 6.07 Å². The molecule has 21 heavy (non-hydrogen) atoms. The fourth-order valence-corrected chi connectivity index (χ4v) is 1.93. The lowest BCUT2D eigenvalue weighted by Gasteiger charge is -2.14. The SMILES string of the molecule is Cc1cc(O)ccc1C(=O)Nc1ccccc1C(F)(F)F. The zero-order valence-corrected chi connectivity index (χ0v) is 11.0. The van der Waals surface area contributed by atoms with Crippen molar-refractivity contribution in [3.05, 3.63) is 59.2 Å². The van der Waals surface area contributed by atoms with E-state index in [9.17, 15) is 23.1 Å². The van der Waals surface area contributed by atoms with E-state index >= 15 is 0 Å². The number of amides is 1. The van der Waals surface area contributed by atoms with Crippen molar-refractivity contribution >= 4 is 11.6 Å². The van der Waals surface area contributed by atoms with Gasteiger partial charge in [0.1, 0.15) is 5.75 Å². The van der Waals surface area contributed by atoms with Crippen molar-refractivity contribution in [1.82, 2.24) is 0 Å². The van der Waals surface area contributed by atoms with E-state index in [1.54, 1.807) is 6.92 Å². The second-order valence-corrected chi connectivity index (χ2v) is 4.50. The first kappa shape index (κ1) is 14.9. The van der Waals surface area contributed by atoms with Crippen LogP contribution in [0.1, 0.15) is 21.5 Å². The van der Waals surface area contributed by atoms with E-state index in [1.165, 1.54) is 36.4 Å². The number of anilines is 1. The van der Waals surface area contributed by atoms with Crippen molar-refractivity contribution in [3.8, 4) is 5.75 Å². The molecule has 0 unspecified atom stereocenters. The van der Waals surface area contributed by atoms with Gasteiger partial charge in [0.05, 0.1) is 11.3 Å². The van der Waals surface area contributed by atoms with Crippen molar-refractivity contribution < 1.29 is 23.1 Å². The highest BCUT2D eigenvalue weighted by molar-refractivity contribution is 6.05. The minimum absolute atomic E-state index is 0.0141. The Kier molecular flexibility index (Phi) is 3.88. The lowest BCUT2D eigenvalue weighted by molar-refractivity contribution is -0.136. The molecule has 2 N–H and O–H groups in total. The number of halogens is 3. The number of benzene rings is 2. The second kappa shape index (κ2) is 5.47. The Hall–Kier alpha value is -2.50. The monoisotopic (exact) mass is 295 g/mol. The summed E-state index contributed by atoms with van der Waals surface area (Å²) >= 11 is 0. The summed E-state index contributed by atoms with van der Waals surface area (Å²) in [6, 6.07) is 8.78. The van der Waals surface area contributed by atoms with Crippen LogP contribution in [0, 0.1) is 6.92 Å². The first-order chi connectivity index (χ1) is 9.79. The van der Waals surface area contributed by atoms with E-state index in [0.29, 0.717) is 5.56 Å². The normalized spacial score (nSPS) is 11.2. The second-order valence-electron chi connectivity index (χ2n) is 4.50. The zero-order chi connectivity index (χ0) is 15.6.